The highest BCUT2D eigenvalue weighted by molar-refractivity contribution is 6.09. The number of hydrogen-bond donors (Lipinski definition) is 0. The molecule has 0 radical (unpaired) electrons. The Balaban J connectivity index is 1.25. The van der Waals surface area contributed by atoms with E-state index in [-0.39, 0.29) is 0 Å². The number of benzene rings is 7. The number of imidazole rings is 1. The van der Waals surface area contributed by atoms with Crippen molar-refractivity contribution in [1.29, 1.82) is 0 Å². The molecular formula is C44H28N4. The minimum Gasteiger partial charge on any atom is -0.295 e. The van der Waals surface area contributed by atoms with Crippen LogP contribution in [0, 0.1) is 0 Å². The second-order valence-corrected chi connectivity index (χ2v) is 12.4. The fraction of sp³-hybridized carbons (Fsp3) is 0.0227. The summed E-state index contributed by atoms with van der Waals surface area (Å²) in [5.41, 5.74) is 10.0. The smallest absolute Gasteiger partial charge is 0.160 e. The Morgan fingerprint density at radius 2 is 1.15 bits per heavy atom. The van der Waals surface area contributed by atoms with Gasteiger partial charge in [-0.05, 0) is 52.4 Å². The summed E-state index contributed by atoms with van der Waals surface area (Å²) in [6, 6.07) is 59.9. The maximum Gasteiger partial charge on any atom is 0.160 e. The fourth-order valence-electron chi connectivity index (χ4n) is 7.74. The van der Waals surface area contributed by atoms with E-state index in [2.05, 4.69) is 168 Å². The van der Waals surface area contributed by atoms with Crippen LogP contribution in [0.25, 0.3) is 61.0 Å². The Morgan fingerprint density at radius 3 is 1.92 bits per heavy atom. The average Bonchev–Trinajstić information content (AvgIpc) is 3.68. The molecule has 0 saturated carbocycles. The first-order chi connectivity index (χ1) is 23.8. The number of rotatable bonds is 4. The van der Waals surface area contributed by atoms with E-state index in [9.17, 15) is 0 Å². The highest BCUT2D eigenvalue weighted by Crippen LogP contribution is 2.52. The van der Waals surface area contributed by atoms with Crippen molar-refractivity contribution in [3.63, 3.8) is 0 Å². The van der Waals surface area contributed by atoms with Crippen LogP contribution in [-0.4, -0.2) is 19.5 Å². The summed E-state index contributed by atoms with van der Waals surface area (Å²) >= 11 is 0. The minimum absolute atomic E-state index is 0.572. The van der Waals surface area contributed by atoms with E-state index >= 15 is 0 Å². The largest absolute Gasteiger partial charge is 0.295 e. The zero-order valence-corrected chi connectivity index (χ0v) is 26.0. The maximum atomic E-state index is 5.50. The van der Waals surface area contributed by atoms with Crippen LogP contribution in [-0.2, 0) is 5.41 Å². The van der Waals surface area contributed by atoms with Crippen molar-refractivity contribution in [1.82, 2.24) is 19.5 Å². The van der Waals surface area contributed by atoms with Gasteiger partial charge in [0.2, 0.25) is 0 Å². The van der Waals surface area contributed by atoms with Gasteiger partial charge in [-0.2, -0.15) is 0 Å². The van der Waals surface area contributed by atoms with Crippen molar-refractivity contribution in [3.8, 4) is 28.3 Å². The lowest BCUT2D eigenvalue weighted by Gasteiger charge is -2.30. The molecule has 9 aromatic rings. The number of aromatic nitrogens is 4. The highest BCUT2D eigenvalue weighted by Gasteiger charge is 2.48. The molecule has 0 unspecified atom stereocenters. The van der Waals surface area contributed by atoms with Gasteiger partial charge in [-0.15, -0.1) is 0 Å². The molecule has 0 fully saturated rings. The summed E-state index contributed by atoms with van der Waals surface area (Å²) in [5.74, 6) is 1.68. The minimum atomic E-state index is -0.572. The molecule has 48 heavy (non-hydrogen) atoms. The molecule has 0 saturated heterocycles. The van der Waals surface area contributed by atoms with Crippen molar-refractivity contribution >= 4 is 32.7 Å². The molecule has 0 bridgehead atoms. The second-order valence-electron chi connectivity index (χ2n) is 12.4. The number of nitrogens with zero attached hydrogens (tertiary/aromatic N) is 4. The number of hydrogen-bond acceptors (Lipinski definition) is 3. The second kappa shape index (κ2) is 10.3. The predicted octanol–water partition coefficient (Wildman–Crippen LogP) is 10.2. The van der Waals surface area contributed by atoms with Crippen molar-refractivity contribution in [2.45, 2.75) is 5.41 Å². The first kappa shape index (κ1) is 26.8. The highest BCUT2D eigenvalue weighted by atomic mass is 15.1. The Labute approximate surface area is 277 Å². The molecule has 3 heterocycles. The van der Waals surface area contributed by atoms with Crippen LogP contribution in [0.1, 0.15) is 22.5 Å². The molecule has 0 N–H and O–H groups in total. The summed E-state index contributed by atoms with van der Waals surface area (Å²) in [7, 11) is 0. The van der Waals surface area contributed by atoms with E-state index in [0.29, 0.717) is 5.82 Å². The van der Waals surface area contributed by atoms with Gasteiger partial charge < -0.3 is 0 Å². The normalized spacial score (nSPS) is 13.2. The van der Waals surface area contributed by atoms with E-state index in [1.807, 2.05) is 6.07 Å². The molecule has 0 atom stereocenters. The molecule has 0 spiro atoms. The zero-order valence-electron chi connectivity index (χ0n) is 26.0. The van der Waals surface area contributed by atoms with Gasteiger partial charge in [0.25, 0.3) is 0 Å². The van der Waals surface area contributed by atoms with Crippen LogP contribution in [0.5, 0.6) is 0 Å². The summed E-state index contributed by atoms with van der Waals surface area (Å²) in [6.07, 6.45) is 0. The van der Waals surface area contributed by atoms with E-state index in [1.54, 1.807) is 0 Å². The van der Waals surface area contributed by atoms with E-state index in [0.717, 1.165) is 61.0 Å². The third-order valence-electron chi connectivity index (χ3n) is 9.85. The quantitative estimate of drug-likeness (QED) is 0.186. The Morgan fingerprint density at radius 1 is 0.479 bits per heavy atom. The SMILES string of the molecule is c1ccc(-c2nc(-c3ccc4c(c3)nc3n4-c4ccccc4C3(c3ccccc3)c3ccccc3)nc3c2ccc2ccccc23)cc1. The van der Waals surface area contributed by atoms with Crippen molar-refractivity contribution in [2.75, 3.05) is 0 Å². The first-order valence-corrected chi connectivity index (χ1v) is 16.3. The van der Waals surface area contributed by atoms with Gasteiger partial charge in [0.05, 0.1) is 27.9 Å². The monoisotopic (exact) mass is 612 g/mol. The Kier molecular flexibility index (Phi) is 5.75. The summed E-state index contributed by atoms with van der Waals surface area (Å²) in [5, 5.41) is 3.31. The Hall–Kier alpha value is -6.39. The van der Waals surface area contributed by atoms with Gasteiger partial charge in [0.1, 0.15) is 11.2 Å². The number of para-hydroxylation sites is 1. The molecule has 4 nitrogen and oxygen atoms in total. The lowest BCUT2D eigenvalue weighted by Crippen LogP contribution is -2.29. The van der Waals surface area contributed by atoms with Crippen LogP contribution in [0.15, 0.2) is 170 Å². The zero-order chi connectivity index (χ0) is 31.7. The van der Waals surface area contributed by atoms with Gasteiger partial charge in [-0.3, -0.25) is 4.57 Å². The average molecular weight is 613 g/mol. The molecule has 224 valence electrons. The van der Waals surface area contributed by atoms with Crippen LogP contribution in [0.4, 0.5) is 0 Å². The van der Waals surface area contributed by atoms with Crippen molar-refractivity contribution < 1.29 is 0 Å². The fourth-order valence-corrected chi connectivity index (χ4v) is 7.74. The van der Waals surface area contributed by atoms with Gasteiger partial charge in [-0.25, -0.2) is 15.0 Å². The topological polar surface area (TPSA) is 43.6 Å². The third-order valence-corrected chi connectivity index (χ3v) is 9.85. The molecule has 0 aliphatic carbocycles. The lowest BCUT2D eigenvalue weighted by atomic mass is 9.70. The molecule has 4 heteroatoms. The van der Waals surface area contributed by atoms with Crippen molar-refractivity contribution in [2.24, 2.45) is 0 Å². The van der Waals surface area contributed by atoms with Crippen LogP contribution in [0.2, 0.25) is 0 Å². The molecular weight excluding hydrogens is 585 g/mol. The molecule has 10 rings (SSSR count). The number of fused-ring (bicyclic) bond motifs is 8. The van der Waals surface area contributed by atoms with Crippen LogP contribution in [0.3, 0.4) is 0 Å². The molecule has 1 aliphatic rings. The standard InChI is InChI=1S/C44H28N4/c1-4-15-30(16-5-1)40-35-26-24-29-14-10-11-21-34(29)41(35)47-42(46-40)31-25-27-39-37(28-31)45-43-44(32-17-6-2-7-18-32,33-19-8-3-9-20-33)36-22-12-13-23-38(36)48(39)43/h1-28H. The van der Waals surface area contributed by atoms with E-state index in [1.165, 1.54) is 16.7 Å². The van der Waals surface area contributed by atoms with Gasteiger partial charge in [-0.1, -0.05) is 140 Å². The Bertz CT molecular complexity index is 2620. The first-order valence-electron chi connectivity index (χ1n) is 16.3. The predicted molar refractivity (Wildman–Crippen MR) is 194 cm³/mol. The van der Waals surface area contributed by atoms with Gasteiger partial charge >= 0.3 is 0 Å². The van der Waals surface area contributed by atoms with E-state index < -0.39 is 5.41 Å². The van der Waals surface area contributed by atoms with E-state index in [4.69, 9.17) is 15.0 Å². The third kappa shape index (κ3) is 3.74. The van der Waals surface area contributed by atoms with Crippen LogP contribution < -0.4 is 0 Å². The van der Waals surface area contributed by atoms with Gasteiger partial charge in [0, 0.05) is 21.9 Å². The molecule has 7 aromatic carbocycles. The van der Waals surface area contributed by atoms with Gasteiger partial charge in [0.15, 0.2) is 5.82 Å². The summed E-state index contributed by atoms with van der Waals surface area (Å²) in [6.45, 7) is 0. The molecule has 1 aliphatic heterocycles. The van der Waals surface area contributed by atoms with Crippen molar-refractivity contribution in [3.05, 3.63) is 192 Å². The molecule has 2 aromatic heterocycles. The molecule has 0 amide bonds. The maximum absolute atomic E-state index is 5.50. The summed E-state index contributed by atoms with van der Waals surface area (Å²) < 4.78 is 2.35. The lowest BCUT2D eigenvalue weighted by molar-refractivity contribution is 0.718. The van der Waals surface area contributed by atoms with Crippen LogP contribution >= 0.6 is 0 Å². The summed E-state index contributed by atoms with van der Waals surface area (Å²) in [4.78, 5) is 16.0.